The van der Waals surface area contributed by atoms with Crippen LogP contribution in [0.15, 0.2) is 63.3 Å². The molecule has 4 saturated heterocycles. The maximum absolute atomic E-state index is 14.1. The average molecular weight is 1100 g/mol. The van der Waals surface area contributed by atoms with E-state index in [1.807, 2.05) is 57.7 Å². The van der Waals surface area contributed by atoms with Crippen molar-refractivity contribution in [2.75, 3.05) is 13.7 Å². The molecule has 80 heavy (non-hydrogen) atoms. The molecule has 4 aromatic rings. The first-order valence-corrected chi connectivity index (χ1v) is 30.6. The molecule has 0 amide bonds. The highest BCUT2D eigenvalue weighted by molar-refractivity contribution is 6.01. The number of benzene rings is 2. The van der Waals surface area contributed by atoms with Crippen LogP contribution in [0.4, 0.5) is 0 Å². The molecule has 15 heteroatoms. The van der Waals surface area contributed by atoms with Crippen molar-refractivity contribution in [2.24, 2.45) is 28.8 Å². The Morgan fingerprint density at radius 2 is 0.950 bits per heavy atom. The third-order valence-corrected chi connectivity index (χ3v) is 20.1. The molecule has 8 aliphatic rings. The van der Waals surface area contributed by atoms with Crippen molar-refractivity contribution in [1.82, 2.24) is 28.9 Å². The molecule has 436 valence electrons. The molecule has 6 heterocycles. The highest BCUT2D eigenvalue weighted by Gasteiger charge is 2.47. The minimum Gasteiger partial charge on any atom is -0.481 e. The van der Waals surface area contributed by atoms with E-state index in [0.717, 1.165) is 65.9 Å². The van der Waals surface area contributed by atoms with Gasteiger partial charge in [0.1, 0.15) is 12.8 Å². The fraction of sp³-hybridized carbons (Fsp3) is 0.692. The van der Waals surface area contributed by atoms with E-state index in [1.54, 1.807) is 6.92 Å². The van der Waals surface area contributed by atoms with Gasteiger partial charge in [0, 0.05) is 61.2 Å². The van der Waals surface area contributed by atoms with E-state index in [4.69, 9.17) is 9.57 Å². The Bertz CT molecular complexity index is 2900. The molecule has 1 N–H and O–H groups in total. The lowest BCUT2D eigenvalue weighted by Crippen LogP contribution is -2.58. The van der Waals surface area contributed by atoms with Crippen molar-refractivity contribution >= 4 is 45.5 Å². The fourth-order valence-corrected chi connectivity index (χ4v) is 17.1. The smallest absolute Gasteiger partial charge is 0.306 e. The molecule has 2 aromatic carbocycles. The van der Waals surface area contributed by atoms with Crippen molar-refractivity contribution in [3.8, 4) is 0 Å². The topological polar surface area (TPSA) is 179 Å². The van der Waals surface area contributed by atoms with Crippen LogP contribution in [0.1, 0.15) is 230 Å². The van der Waals surface area contributed by atoms with Crippen LogP contribution < -0.4 is 11.1 Å². The summed E-state index contributed by atoms with van der Waals surface area (Å²) in [5.41, 5.74) is 3.04. The van der Waals surface area contributed by atoms with Crippen LogP contribution in [0.25, 0.3) is 22.1 Å². The Morgan fingerprint density at radius 3 is 1.38 bits per heavy atom. The number of ether oxygens (including phenoxy) is 1. The number of carbonyl (C=O) groups excluding carboxylic acids is 2. The van der Waals surface area contributed by atoms with Crippen LogP contribution in [0.3, 0.4) is 0 Å². The van der Waals surface area contributed by atoms with Crippen molar-refractivity contribution < 1.29 is 29.1 Å². The summed E-state index contributed by atoms with van der Waals surface area (Å²) in [4.78, 5) is 84.4. The number of ketones is 1. The molecule has 0 radical (unpaired) electrons. The van der Waals surface area contributed by atoms with E-state index in [9.17, 15) is 29.1 Å². The number of rotatable bonds is 14. The van der Waals surface area contributed by atoms with Crippen molar-refractivity contribution in [3.05, 3.63) is 80.6 Å². The van der Waals surface area contributed by atoms with E-state index < -0.39 is 11.9 Å². The number of carbonyl (C=O) groups is 3. The number of aromatic nitrogens is 4. The van der Waals surface area contributed by atoms with Crippen LogP contribution in [0.5, 0.6) is 0 Å². The predicted molar refractivity (Wildman–Crippen MR) is 315 cm³/mol. The highest BCUT2D eigenvalue weighted by Crippen LogP contribution is 2.49. The second kappa shape index (κ2) is 26.8. The van der Waals surface area contributed by atoms with Gasteiger partial charge >= 0.3 is 11.9 Å². The molecule has 2 aromatic heterocycles. The molecule has 8 fully saturated rings. The van der Waals surface area contributed by atoms with Gasteiger partial charge in [-0.1, -0.05) is 108 Å². The molecule has 6 unspecified atom stereocenters. The number of para-hydroxylation sites is 4. The van der Waals surface area contributed by atoms with E-state index in [2.05, 4.69) is 24.9 Å². The normalized spacial score (nSPS) is 30.5. The minimum atomic E-state index is -0.942. The fourth-order valence-electron chi connectivity index (χ4n) is 17.1. The molecule has 10 atom stereocenters. The number of carboxylic acids is 1. The van der Waals surface area contributed by atoms with E-state index in [-0.39, 0.29) is 87.5 Å². The van der Waals surface area contributed by atoms with Gasteiger partial charge in [0.15, 0.2) is 17.2 Å². The molecule has 15 nitrogen and oxygen atoms in total. The first-order valence-electron chi connectivity index (χ1n) is 30.6. The minimum absolute atomic E-state index is 0. The Labute approximate surface area is 474 Å². The summed E-state index contributed by atoms with van der Waals surface area (Å²) in [7, 11) is 1.42. The van der Waals surface area contributed by atoms with Gasteiger partial charge < -0.3 is 23.8 Å². The molecule has 4 aliphatic carbocycles. The zero-order valence-electron chi connectivity index (χ0n) is 46.5. The lowest BCUT2D eigenvalue weighted by Gasteiger charge is -2.54. The maximum atomic E-state index is 14.1. The van der Waals surface area contributed by atoms with Gasteiger partial charge in [0.05, 0.1) is 41.5 Å². The summed E-state index contributed by atoms with van der Waals surface area (Å²) in [5.74, 6) is 1.84. The van der Waals surface area contributed by atoms with Gasteiger partial charge in [0.25, 0.3) is 11.1 Å². The summed E-state index contributed by atoms with van der Waals surface area (Å²) < 4.78 is 8.84. The lowest BCUT2D eigenvalue weighted by atomic mass is 9.73. The number of esters is 1. The molecule has 4 aliphatic heterocycles. The third kappa shape index (κ3) is 12.8. The first kappa shape index (κ1) is 59.3. The Hall–Kier alpha value is -5.28. The van der Waals surface area contributed by atoms with Crippen molar-refractivity contribution in [1.29, 1.82) is 0 Å². The largest absolute Gasteiger partial charge is 0.481 e. The predicted octanol–water partition coefficient (Wildman–Crippen LogP) is 12.6. The molecule has 12 rings (SSSR count). The number of hydrogen-bond acceptors (Lipinski definition) is 12. The Morgan fingerprint density at radius 1 is 0.525 bits per heavy atom. The van der Waals surface area contributed by atoms with Crippen molar-refractivity contribution in [2.45, 2.75) is 250 Å². The van der Waals surface area contributed by atoms with Crippen LogP contribution in [-0.2, 0) is 19.2 Å². The monoisotopic (exact) mass is 1100 g/mol. The first-order chi connectivity index (χ1) is 38.0. The van der Waals surface area contributed by atoms with Crippen LogP contribution in [-0.4, -0.2) is 107 Å². The quantitative estimate of drug-likeness (QED) is 0.0547. The van der Waals surface area contributed by atoms with Gasteiger partial charge in [-0.15, -0.1) is 0 Å². The number of hydrogen-bond donors (Lipinski definition) is 1. The van der Waals surface area contributed by atoms with Crippen LogP contribution >= 0.6 is 0 Å². The zero-order valence-corrected chi connectivity index (χ0v) is 46.5. The summed E-state index contributed by atoms with van der Waals surface area (Å²) in [6, 6.07) is 19.0. The number of Topliss-reactive ketones (excluding diaryl/α,β-unsaturated/α-hetero) is 1. The summed E-state index contributed by atoms with van der Waals surface area (Å²) in [5, 5.41) is 13.3. The summed E-state index contributed by atoms with van der Waals surface area (Å²) in [6.07, 6.45) is 30.6. The van der Waals surface area contributed by atoms with E-state index in [1.165, 1.54) is 136 Å². The van der Waals surface area contributed by atoms with Gasteiger partial charge in [-0.25, -0.2) is 9.97 Å². The highest BCUT2D eigenvalue weighted by atomic mass is 16.6. The zero-order chi connectivity index (χ0) is 53.9. The van der Waals surface area contributed by atoms with Crippen LogP contribution in [0, 0.1) is 23.7 Å². The maximum Gasteiger partial charge on any atom is 0.306 e. The van der Waals surface area contributed by atoms with Gasteiger partial charge in [-0.05, 0) is 145 Å². The molecule has 8 bridgehead atoms. The van der Waals surface area contributed by atoms with Crippen molar-refractivity contribution in [3.63, 3.8) is 0 Å². The van der Waals surface area contributed by atoms with Crippen LogP contribution in [0.2, 0.25) is 0 Å². The summed E-state index contributed by atoms with van der Waals surface area (Å²) in [6.45, 7) is 2.02. The number of oxime groups is 1. The molecular weight excluding hydrogens is 1010 g/mol. The Kier molecular flexibility index (Phi) is 19.8. The van der Waals surface area contributed by atoms with Gasteiger partial charge in [-0.2, -0.15) is 0 Å². The van der Waals surface area contributed by atoms with Gasteiger partial charge in [0.2, 0.25) is 0 Å². The number of carboxylic acid groups (broad SMARTS) is 1. The Balaban J connectivity index is 0.000000189. The molecular formula is C65H93N7O8. The molecule has 0 spiro atoms. The SMILES string of the molecule is C.C.CCOC(=O)CCC(=O)c1nc2ccccc2n(C2C[C@H]3CCC[C@@H](C2)N3C2CC3CCCCC(C3)C2)c1=O.CO/N=C(\CCC(=O)O)c1nc2ccccc2n(C2C[C@H]3CCC[C@@H](C2)N3C2CC3CCCCC(C3)C2)c1=O. The average Bonchev–Trinajstić information content (AvgIpc) is 3.72. The lowest BCUT2D eigenvalue weighted by molar-refractivity contribution is -0.143. The third-order valence-electron chi connectivity index (χ3n) is 20.1. The number of aliphatic carboxylic acids is 1. The van der Waals surface area contributed by atoms with E-state index >= 15 is 0 Å². The molecule has 4 saturated carbocycles. The second-order valence-corrected chi connectivity index (χ2v) is 25.0. The van der Waals surface area contributed by atoms with Gasteiger partial charge in [-0.3, -0.25) is 33.8 Å². The number of nitrogens with zero attached hydrogens (tertiary/aromatic N) is 7. The second-order valence-electron chi connectivity index (χ2n) is 25.0. The summed E-state index contributed by atoms with van der Waals surface area (Å²) >= 11 is 0. The standard InChI is InChI=1S/C32H43N3O4.C31H42N4O4.2CH4/c1-2-39-30(37)15-14-29(36)31-32(38)35(28-13-6-5-12-27(28)33-31)26-19-23-10-7-11-24(20-26)34(23)25-17-21-8-3-4-9-22(16-21)18-25;1-39-33-27(13-14-29(36)37)30-31(38)35(28-12-5-4-11-26(28)32-30)25-18-22-9-6-10-23(19-25)34(22)24-16-20-7-2-3-8-21(15-20)17-24;;/h5-6,12-13,21-26H,2-4,7-11,14-20H2,1H3;4-5,11-12,20-25H,2-3,6-10,13-19H2,1H3,(H,36,37);2*1H4/b;33-27+;;/t21?,22?,23-,24+,25?,26?;20?,21?,22-,23+,24?,25?;;. The number of fused-ring (bicyclic) bond motifs is 10. The van der Waals surface area contributed by atoms with E-state index in [0.29, 0.717) is 47.5 Å². The number of piperidine rings is 4.